The van der Waals surface area contributed by atoms with Crippen LogP contribution >= 0.6 is 11.8 Å². The second-order valence-corrected chi connectivity index (χ2v) is 10.3. The van der Waals surface area contributed by atoms with Crippen molar-refractivity contribution in [2.45, 2.75) is 50.2 Å². The predicted octanol–water partition coefficient (Wildman–Crippen LogP) is 5.38. The van der Waals surface area contributed by atoms with E-state index in [-0.39, 0.29) is 11.6 Å². The lowest BCUT2D eigenvalue weighted by molar-refractivity contribution is -0.138. The third-order valence-electron chi connectivity index (χ3n) is 5.27. The summed E-state index contributed by atoms with van der Waals surface area (Å²) in [5, 5.41) is 12.1. The standard InChI is InChI=1S/C27H35N3O6S/c1-7-8-13-36-25(30-18-9-11-22(12-10-18)37-27(3,4)26(32)33)17(2)23(28)24(31)29-19-14-20(34-5)16-21(15-19)35-6/h9-12,14-16H,7-8,13,28H2,1-6H3,(H,29,31)(H,32,33)/b23-17-,30-25?. The van der Waals surface area contributed by atoms with Crippen LogP contribution in [0.3, 0.4) is 0 Å². The Kier molecular flexibility index (Phi) is 10.9. The second kappa shape index (κ2) is 13.6. The molecule has 0 unspecified atom stereocenters. The van der Waals surface area contributed by atoms with Crippen molar-refractivity contribution in [3.63, 3.8) is 0 Å². The van der Waals surface area contributed by atoms with Crippen LogP contribution in [0, 0.1) is 0 Å². The first kappa shape index (κ1) is 29.6. The molecule has 0 bridgehead atoms. The van der Waals surface area contributed by atoms with E-state index >= 15 is 0 Å². The Morgan fingerprint density at radius 1 is 1.08 bits per heavy atom. The van der Waals surface area contributed by atoms with E-state index in [2.05, 4.69) is 10.3 Å². The normalized spacial score (nSPS) is 12.4. The van der Waals surface area contributed by atoms with Crippen molar-refractivity contribution in [3.8, 4) is 11.5 Å². The summed E-state index contributed by atoms with van der Waals surface area (Å²) in [5.41, 5.74) is 7.59. The Bertz CT molecular complexity index is 1140. The smallest absolute Gasteiger partial charge is 0.319 e. The van der Waals surface area contributed by atoms with Gasteiger partial charge < -0.3 is 30.4 Å². The van der Waals surface area contributed by atoms with Crippen LogP contribution in [0.4, 0.5) is 11.4 Å². The van der Waals surface area contributed by atoms with E-state index in [1.54, 1.807) is 63.2 Å². The van der Waals surface area contributed by atoms with E-state index in [4.69, 9.17) is 19.9 Å². The molecule has 0 saturated carbocycles. The van der Waals surface area contributed by atoms with Crippen molar-refractivity contribution in [3.05, 3.63) is 53.7 Å². The van der Waals surface area contributed by atoms with E-state index in [0.29, 0.717) is 35.1 Å². The topological polar surface area (TPSA) is 132 Å². The highest BCUT2D eigenvalue weighted by Gasteiger charge is 2.28. The summed E-state index contributed by atoms with van der Waals surface area (Å²) in [7, 11) is 3.04. The number of benzene rings is 2. The number of hydrogen-bond donors (Lipinski definition) is 3. The molecule has 1 amide bonds. The molecule has 0 aromatic heterocycles. The van der Waals surface area contributed by atoms with Crippen LogP contribution in [0.5, 0.6) is 11.5 Å². The van der Waals surface area contributed by atoms with Gasteiger partial charge in [0, 0.05) is 34.4 Å². The van der Waals surface area contributed by atoms with Gasteiger partial charge in [-0.25, -0.2) is 4.99 Å². The molecule has 0 atom stereocenters. The average Bonchev–Trinajstić information content (AvgIpc) is 2.87. The van der Waals surface area contributed by atoms with E-state index in [9.17, 15) is 14.7 Å². The van der Waals surface area contributed by atoms with Crippen LogP contribution in [0.25, 0.3) is 0 Å². The van der Waals surface area contributed by atoms with Gasteiger partial charge in [-0.2, -0.15) is 0 Å². The van der Waals surface area contributed by atoms with Crippen molar-refractivity contribution in [1.29, 1.82) is 0 Å². The molecule has 0 aliphatic heterocycles. The number of nitrogens with two attached hydrogens (primary N) is 1. The minimum absolute atomic E-state index is 0.0487. The lowest BCUT2D eigenvalue weighted by Crippen LogP contribution is -2.26. The van der Waals surface area contributed by atoms with Gasteiger partial charge in [0.15, 0.2) is 0 Å². The fourth-order valence-electron chi connectivity index (χ4n) is 2.95. The third-order valence-corrected chi connectivity index (χ3v) is 6.46. The zero-order chi connectivity index (χ0) is 27.6. The fourth-order valence-corrected chi connectivity index (χ4v) is 3.89. The number of carboxylic acid groups (broad SMARTS) is 1. The Hall–Kier alpha value is -3.66. The summed E-state index contributed by atoms with van der Waals surface area (Å²) in [4.78, 5) is 29.7. The van der Waals surface area contributed by atoms with E-state index < -0.39 is 16.6 Å². The maximum Gasteiger partial charge on any atom is 0.319 e. The lowest BCUT2D eigenvalue weighted by Gasteiger charge is -2.18. The van der Waals surface area contributed by atoms with Gasteiger partial charge in [0.2, 0.25) is 5.90 Å². The van der Waals surface area contributed by atoms with Crippen LogP contribution in [-0.4, -0.2) is 48.5 Å². The number of carbonyl (C=O) groups is 2. The summed E-state index contributed by atoms with van der Waals surface area (Å²) in [6, 6.07) is 12.1. The number of nitrogens with zero attached hydrogens (tertiary/aromatic N) is 1. The summed E-state index contributed by atoms with van der Waals surface area (Å²) < 4.78 is 15.4. The van der Waals surface area contributed by atoms with Crippen LogP contribution in [0.1, 0.15) is 40.5 Å². The van der Waals surface area contributed by atoms with Crippen LogP contribution < -0.4 is 20.5 Å². The molecule has 37 heavy (non-hydrogen) atoms. The zero-order valence-corrected chi connectivity index (χ0v) is 22.9. The number of carboxylic acids is 1. The number of ether oxygens (including phenoxy) is 3. The molecule has 4 N–H and O–H groups in total. The number of aliphatic imine (C=N–C) groups is 1. The number of rotatable bonds is 12. The molecule has 0 heterocycles. The Morgan fingerprint density at radius 2 is 1.68 bits per heavy atom. The van der Waals surface area contributed by atoms with Gasteiger partial charge in [-0.3, -0.25) is 9.59 Å². The first-order valence-corrected chi connectivity index (χ1v) is 12.6. The number of aliphatic carboxylic acids is 1. The largest absolute Gasteiger partial charge is 0.497 e. The highest BCUT2D eigenvalue weighted by atomic mass is 32.2. The molecule has 0 aliphatic carbocycles. The molecule has 0 saturated heterocycles. The molecule has 2 rings (SSSR count). The van der Waals surface area contributed by atoms with E-state index in [1.165, 1.54) is 26.0 Å². The molecule has 0 aliphatic rings. The molecular weight excluding hydrogens is 494 g/mol. The lowest BCUT2D eigenvalue weighted by atomic mass is 10.2. The Balaban J connectivity index is 2.32. The number of hydrogen-bond acceptors (Lipinski definition) is 8. The van der Waals surface area contributed by atoms with Gasteiger partial charge in [0.1, 0.15) is 21.9 Å². The number of unbranched alkanes of at least 4 members (excludes halogenated alkanes) is 1. The maximum atomic E-state index is 12.9. The molecule has 200 valence electrons. The number of methoxy groups -OCH3 is 2. The highest BCUT2D eigenvalue weighted by Crippen LogP contribution is 2.33. The summed E-state index contributed by atoms with van der Waals surface area (Å²) >= 11 is 1.24. The number of anilines is 1. The summed E-state index contributed by atoms with van der Waals surface area (Å²) in [6.07, 6.45) is 1.73. The van der Waals surface area contributed by atoms with Crippen LogP contribution in [0.2, 0.25) is 0 Å². The second-order valence-electron chi connectivity index (χ2n) is 8.62. The Labute approximate surface area is 222 Å². The van der Waals surface area contributed by atoms with Gasteiger partial charge in [-0.15, -0.1) is 11.8 Å². The molecule has 0 spiro atoms. The van der Waals surface area contributed by atoms with Gasteiger partial charge in [0.25, 0.3) is 5.91 Å². The van der Waals surface area contributed by atoms with Crippen molar-refractivity contribution in [2.75, 3.05) is 26.1 Å². The first-order valence-electron chi connectivity index (χ1n) is 11.8. The Morgan fingerprint density at radius 3 is 2.19 bits per heavy atom. The number of carbonyl (C=O) groups excluding carboxylic acids is 1. The van der Waals surface area contributed by atoms with Crippen LogP contribution in [0.15, 0.2) is 63.6 Å². The van der Waals surface area contributed by atoms with Crippen molar-refractivity contribution >= 4 is 40.9 Å². The predicted molar refractivity (Wildman–Crippen MR) is 147 cm³/mol. The highest BCUT2D eigenvalue weighted by molar-refractivity contribution is 8.01. The minimum Gasteiger partial charge on any atom is -0.497 e. The van der Waals surface area contributed by atoms with Crippen molar-refractivity contribution in [1.82, 2.24) is 0 Å². The molecular formula is C27H35N3O6S. The number of amides is 1. The van der Waals surface area contributed by atoms with E-state index in [1.807, 2.05) is 6.92 Å². The number of nitrogens with one attached hydrogen (secondary N) is 1. The third kappa shape index (κ3) is 8.75. The van der Waals surface area contributed by atoms with Crippen molar-refractivity contribution < 1.29 is 28.9 Å². The van der Waals surface area contributed by atoms with E-state index in [0.717, 1.165) is 17.7 Å². The van der Waals surface area contributed by atoms with Gasteiger partial charge in [0.05, 0.1) is 26.5 Å². The summed E-state index contributed by atoms with van der Waals surface area (Å²) in [5.74, 6) is -0.147. The maximum absolute atomic E-state index is 12.9. The van der Waals surface area contributed by atoms with Crippen LogP contribution in [-0.2, 0) is 14.3 Å². The average molecular weight is 530 g/mol. The molecule has 2 aromatic rings. The molecule has 0 fully saturated rings. The number of thioether (sulfide) groups is 1. The zero-order valence-electron chi connectivity index (χ0n) is 22.1. The quantitative estimate of drug-likeness (QED) is 0.110. The molecule has 9 nitrogen and oxygen atoms in total. The minimum atomic E-state index is -0.965. The summed E-state index contributed by atoms with van der Waals surface area (Å²) in [6.45, 7) is 7.42. The fraction of sp³-hybridized carbons (Fsp3) is 0.370. The monoisotopic (exact) mass is 529 g/mol. The first-order chi connectivity index (χ1) is 17.5. The van der Waals surface area contributed by atoms with Gasteiger partial charge in [-0.05, 0) is 51.5 Å². The van der Waals surface area contributed by atoms with Gasteiger partial charge in [-0.1, -0.05) is 13.3 Å². The van der Waals surface area contributed by atoms with Crippen molar-refractivity contribution in [2.24, 2.45) is 10.7 Å². The van der Waals surface area contributed by atoms with Gasteiger partial charge >= 0.3 is 5.97 Å². The molecule has 2 aromatic carbocycles. The SMILES string of the molecule is CCCCOC(=Nc1ccc(SC(C)(C)C(=O)O)cc1)/C(C)=C(\N)C(=O)Nc1cc(OC)cc(OC)c1. The molecule has 10 heteroatoms. The molecule has 0 radical (unpaired) electrons.